The van der Waals surface area contributed by atoms with Gasteiger partial charge in [0.15, 0.2) is 0 Å². The van der Waals surface area contributed by atoms with Gasteiger partial charge in [-0.1, -0.05) is 0 Å². The molecule has 0 aromatic carbocycles. The van der Waals surface area contributed by atoms with Crippen molar-refractivity contribution in [2.75, 3.05) is 33.2 Å². The maximum absolute atomic E-state index is 11.3. The average Bonchev–Trinajstić information content (AvgIpc) is 2.30. The molecule has 0 aliphatic carbocycles. The van der Waals surface area contributed by atoms with E-state index < -0.39 is 33.3 Å². The Balaban J connectivity index is 4.14. The normalized spacial score (nSPS) is 16.0. The van der Waals surface area contributed by atoms with Crippen LogP contribution in [0, 0.1) is 0 Å². The molecule has 0 amide bonds. The molecular weight excluding hydrogens is 269 g/mol. The molecule has 0 radical (unpaired) electrons. The van der Waals surface area contributed by atoms with E-state index in [1.54, 1.807) is 0 Å². The second-order valence-corrected chi connectivity index (χ2v) is 4.57. The second-order valence-electron chi connectivity index (χ2n) is 3.12. The van der Waals surface area contributed by atoms with Crippen LogP contribution in [-0.4, -0.2) is 55.2 Å². The molecule has 0 aliphatic heterocycles. The number of aliphatic hydroxyl groups is 1. The maximum Gasteiger partial charge on any atom is 0.472 e. The van der Waals surface area contributed by atoms with E-state index in [0.717, 1.165) is 6.92 Å². The zero-order chi connectivity index (χ0) is 14.0. The van der Waals surface area contributed by atoms with Crippen molar-refractivity contribution in [3.05, 3.63) is 0 Å². The highest BCUT2D eigenvalue weighted by Crippen LogP contribution is 2.42. The van der Waals surface area contributed by atoms with E-state index in [9.17, 15) is 14.3 Å². The average molecular weight is 287 g/mol. The van der Waals surface area contributed by atoms with Crippen LogP contribution in [0.2, 0.25) is 0 Å². The van der Waals surface area contributed by atoms with Crippen molar-refractivity contribution < 1.29 is 37.9 Å². The quantitative estimate of drug-likeness (QED) is 0.262. The lowest BCUT2D eigenvalue weighted by molar-refractivity contribution is -0.154. The van der Waals surface area contributed by atoms with Crippen LogP contribution < -0.4 is 5.73 Å². The number of nitrogens with two attached hydrogens (primary N) is 1. The zero-order valence-electron chi connectivity index (χ0n) is 9.98. The monoisotopic (exact) mass is 287 g/mol. The Hall–Kier alpha value is -0.540. The van der Waals surface area contributed by atoms with Crippen molar-refractivity contribution in [2.45, 2.75) is 13.0 Å². The summed E-state index contributed by atoms with van der Waals surface area (Å²) < 4.78 is 29.7. The highest BCUT2D eigenvalue weighted by atomic mass is 31.2. The molecule has 2 atom stereocenters. The van der Waals surface area contributed by atoms with Crippen molar-refractivity contribution in [3.63, 3.8) is 0 Å². The summed E-state index contributed by atoms with van der Waals surface area (Å²) in [5.41, 5.74) is 5.09. The molecule has 0 saturated carbocycles. The van der Waals surface area contributed by atoms with Gasteiger partial charge in [-0.15, -0.1) is 0 Å². The Labute approximate surface area is 104 Å². The second kappa shape index (κ2) is 9.40. The van der Waals surface area contributed by atoms with Crippen LogP contribution in [0.3, 0.4) is 0 Å². The molecule has 1 unspecified atom stereocenters. The number of phosphoric acid groups is 1. The lowest BCUT2D eigenvalue weighted by Crippen LogP contribution is -2.27. The number of aliphatic hydroxyl groups excluding tert-OH is 1. The summed E-state index contributed by atoms with van der Waals surface area (Å²) in [6.45, 7) is -0.0629. The number of esters is 1. The van der Waals surface area contributed by atoms with Gasteiger partial charge in [0.2, 0.25) is 0 Å². The van der Waals surface area contributed by atoms with Crippen molar-refractivity contribution in [1.29, 1.82) is 0 Å². The number of ether oxygens (including phenoxy) is 2. The fourth-order valence-corrected chi connectivity index (χ4v) is 1.68. The molecule has 0 fully saturated rings. The lowest BCUT2D eigenvalue weighted by atomic mass is 10.4. The van der Waals surface area contributed by atoms with Crippen LogP contribution in [0.5, 0.6) is 0 Å². The Morgan fingerprint density at radius 2 is 2.06 bits per heavy atom. The summed E-state index contributed by atoms with van der Waals surface area (Å²) in [5, 5.41) is 8.45. The van der Waals surface area contributed by atoms with Crippen molar-refractivity contribution in [3.8, 4) is 0 Å². The van der Waals surface area contributed by atoms with Gasteiger partial charge in [0.25, 0.3) is 0 Å². The molecule has 0 bridgehead atoms. The van der Waals surface area contributed by atoms with Crippen LogP contribution in [0.1, 0.15) is 6.92 Å². The van der Waals surface area contributed by atoms with Gasteiger partial charge in [0, 0.05) is 13.5 Å². The highest BCUT2D eigenvalue weighted by molar-refractivity contribution is 7.47. The number of phosphoric ester groups is 1. The molecule has 0 aromatic heterocycles. The molecule has 10 heteroatoms. The zero-order valence-corrected chi connectivity index (χ0v) is 10.9. The van der Waals surface area contributed by atoms with Gasteiger partial charge in [-0.05, 0) is 0 Å². The van der Waals surface area contributed by atoms with Gasteiger partial charge in [-0.3, -0.25) is 13.8 Å². The minimum absolute atomic E-state index is 0.0644. The van der Waals surface area contributed by atoms with Crippen LogP contribution in [0.25, 0.3) is 0 Å². The molecule has 108 valence electrons. The van der Waals surface area contributed by atoms with Crippen molar-refractivity contribution >= 4 is 13.8 Å². The van der Waals surface area contributed by atoms with Crippen LogP contribution in [0.4, 0.5) is 0 Å². The Kier molecular flexibility index (Phi) is 9.12. The number of rotatable bonds is 10. The smallest absolute Gasteiger partial charge is 0.458 e. The van der Waals surface area contributed by atoms with E-state index in [1.165, 1.54) is 0 Å². The number of carbonyl (C=O) groups excluding carboxylic acids is 1. The molecule has 0 aliphatic rings. The molecular formula is C8H18NO8P. The maximum atomic E-state index is 11.3. The van der Waals surface area contributed by atoms with Crippen LogP contribution in [0.15, 0.2) is 0 Å². The molecule has 9 nitrogen and oxygen atoms in total. The van der Waals surface area contributed by atoms with Gasteiger partial charge in [0.1, 0.15) is 12.9 Å². The van der Waals surface area contributed by atoms with E-state index in [1.807, 2.05) is 0 Å². The third-order valence-electron chi connectivity index (χ3n) is 1.52. The van der Waals surface area contributed by atoms with E-state index >= 15 is 0 Å². The number of carbonyl (C=O) groups is 1. The molecule has 0 aromatic rings. The first-order valence-electron chi connectivity index (χ1n) is 5.09. The molecule has 4 N–H and O–H groups in total. The topological polar surface area (TPSA) is 138 Å². The van der Waals surface area contributed by atoms with E-state index in [-0.39, 0.29) is 19.8 Å². The van der Waals surface area contributed by atoms with E-state index in [4.69, 9.17) is 15.6 Å². The van der Waals surface area contributed by atoms with Gasteiger partial charge >= 0.3 is 13.8 Å². The predicted octanol–water partition coefficient (Wildman–Crippen LogP) is -1.02. The first-order chi connectivity index (χ1) is 8.41. The minimum atomic E-state index is -4.23. The largest absolute Gasteiger partial charge is 0.472 e. The molecule has 0 rings (SSSR count). The van der Waals surface area contributed by atoms with Crippen molar-refractivity contribution in [1.82, 2.24) is 0 Å². The number of hydrogen-bond acceptors (Lipinski definition) is 8. The summed E-state index contributed by atoms with van der Waals surface area (Å²) in [5.74, 6) is -0.610. The van der Waals surface area contributed by atoms with Gasteiger partial charge in [0.05, 0.1) is 19.8 Å². The van der Waals surface area contributed by atoms with Gasteiger partial charge in [-0.2, -0.15) is 0 Å². The third kappa shape index (κ3) is 9.49. The SMILES string of the molecule is CC(=O)O[C@H](COCO)COP(=O)(O)OCCN. The Morgan fingerprint density at radius 3 is 2.56 bits per heavy atom. The number of hydrogen-bond donors (Lipinski definition) is 3. The summed E-state index contributed by atoms with van der Waals surface area (Å²) in [7, 11) is -4.23. The first-order valence-corrected chi connectivity index (χ1v) is 6.58. The highest BCUT2D eigenvalue weighted by Gasteiger charge is 2.24. The van der Waals surface area contributed by atoms with Gasteiger partial charge in [-0.25, -0.2) is 4.57 Å². The summed E-state index contributed by atoms with van der Waals surface area (Å²) in [6, 6.07) is 0. The fraction of sp³-hybridized carbons (Fsp3) is 0.875. The third-order valence-corrected chi connectivity index (χ3v) is 2.51. The summed E-state index contributed by atoms with van der Waals surface area (Å²) >= 11 is 0. The molecule has 0 saturated heterocycles. The molecule has 0 heterocycles. The summed E-state index contributed by atoms with van der Waals surface area (Å²) in [6.07, 6.45) is -0.920. The van der Waals surface area contributed by atoms with E-state index in [2.05, 4.69) is 13.8 Å². The van der Waals surface area contributed by atoms with E-state index in [0.29, 0.717) is 0 Å². The summed E-state index contributed by atoms with van der Waals surface area (Å²) in [4.78, 5) is 19.9. The minimum Gasteiger partial charge on any atom is -0.458 e. The lowest BCUT2D eigenvalue weighted by Gasteiger charge is -2.18. The first kappa shape index (κ1) is 17.5. The Morgan fingerprint density at radius 1 is 1.39 bits per heavy atom. The Bertz CT molecular complexity index is 286. The molecule has 18 heavy (non-hydrogen) atoms. The van der Waals surface area contributed by atoms with Crippen LogP contribution >= 0.6 is 7.82 Å². The predicted molar refractivity (Wildman–Crippen MR) is 59.4 cm³/mol. The fourth-order valence-electron chi connectivity index (χ4n) is 0.918. The molecule has 0 spiro atoms. The van der Waals surface area contributed by atoms with Crippen LogP contribution in [-0.2, 0) is 27.9 Å². The standard InChI is InChI=1S/C8H18NO8P/c1-7(11)17-8(4-14-6-10)5-16-18(12,13)15-3-2-9/h8,10H,2-6,9H2,1H3,(H,12,13)/t8-/m1/s1. The van der Waals surface area contributed by atoms with Gasteiger partial charge < -0.3 is 25.2 Å². The van der Waals surface area contributed by atoms with Crippen molar-refractivity contribution in [2.24, 2.45) is 5.73 Å².